The highest BCUT2D eigenvalue weighted by atomic mass is 16.6. The fourth-order valence-corrected chi connectivity index (χ4v) is 11.0. The molecule has 0 radical (unpaired) electrons. The van der Waals surface area contributed by atoms with Gasteiger partial charge in [-0.1, -0.05) is 352 Å². The van der Waals surface area contributed by atoms with Crippen LogP contribution in [0, 0.1) is 0 Å². The van der Waals surface area contributed by atoms with Crippen LogP contribution in [0.2, 0.25) is 0 Å². The summed E-state index contributed by atoms with van der Waals surface area (Å²) in [5.74, 6) is -0.858. The van der Waals surface area contributed by atoms with Crippen molar-refractivity contribution in [3.8, 4) is 0 Å². The van der Waals surface area contributed by atoms with E-state index >= 15 is 0 Å². The lowest BCUT2D eigenvalue weighted by Gasteiger charge is -2.18. The van der Waals surface area contributed by atoms with Gasteiger partial charge in [0.05, 0.1) is 0 Å². The van der Waals surface area contributed by atoms with Crippen molar-refractivity contribution in [1.29, 1.82) is 0 Å². The third-order valence-corrected chi connectivity index (χ3v) is 16.5. The molecule has 0 amide bonds. The Morgan fingerprint density at radius 2 is 0.463 bits per heavy atom. The SMILES string of the molecule is CCC/C=C\C/C=C\CCCCCCCC(=O)OCC(COC(=O)CCCCCCCCCCCCCCCCCCCCCCC/C=C\C/C=C\CCCCCCC)OC(=O)CCCCCCCCCCCCCCCCCCCC. The quantitative estimate of drug-likeness (QED) is 0.0261. The average Bonchev–Trinajstić information content (AvgIpc) is 3.47. The zero-order valence-corrected chi connectivity index (χ0v) is 55.3. The normalized spacial score (nSPS) is 12.3. The number of ether oxygens (including phenoxy) is 3. The highest BCUT2D eigenvalue weighted by Crippen LogP contribution is 2.19. The van der Waals surface area contributed by atoms with Crippen LogP contribution in [0.15, 0.2) is 48.6 Å². The Kier molecular flexibility index (Phi) is 68.6. The third kappa shape index (κ3) is 68.2. The molecule has 6 nitrogen and oxygen atoms in total. The molecule has 0 heterocycles. The summed E-state index contributed by atoms with van der Waals surface area (Å²) in [6, 6.07) is 0. The minimum absolute atomic E-state index is 0.0717. The van der Waals surface area contributed by atoms with E-state index in [9.17, 15) is 14.4 Å². The van der Waals surface area contributed by atoms with Gasteiger partial charge >= 0.3 is 17.9 Å². The Hall–Kier alpha value is -2.63. The lowest BCUT2D eigenvalue weighted by Crippen LogP contribution is -2.30. The van der Waals surface area contributed by atoms with Crippen LogP contribution < -0.4 is 0 Å². The highest BCUT2D eigenvalue weighted by Gasteiger charge is 2.19. The molecular formula is C76H140O6. The number of carbonyl (C=O) groups excluding carboxylic acids is 3. The van der Waals surface area contributed by atoms with E-state index in [-0.39, 0.29) is 31.1 Å². The van der Waals surface area contributed by atoms with Crippen LogP contribution in [0.25, 0.3) is 0 Å². The predicted octanol–water partition coefficient (Wildman–Crippen LogP) is 25.3. The summed E-state index contributed by atoms with van der Waals surface area (Å²) in [4.78, 5) is 38.4. The maximum absolute atomic E-state index is 12.9. The largest absolute Gasteiger partial charge is 0.462 e. The van der Waals surface area contributed by atoms with E-state index in [0.717, 1.165) is 89.9 Å². The van der Waals surface area contributed by atoms with E-state index < -0.39 is 6.10 Å². The van der Waals surface area contributed by atoms with Crippen molar-refractivity contribution in [2.24, 2.45) is 0 Å². The molecular weight excluding hydrogens is 1010 g/mol. The van der Waals surface area contributed by atoms with Crippen molar-refractivity contribution < 1.29 is 28.6 Å². The van der Waals surface area contributed by atoms with Gasteiger partial charge < -0.3 is 14.2 Å². The maximum atomic E-state index is 12.9. The number of rotatable bonds is 68. The Bertz CT molecular complexity index is 1410. The van der Waals surface area contributed by atoms with Gasteiger partial charge in [-0.05, 0) is 77.0 Å². The fraction of sp³-hybridized carbons (Fsp3) is 0.855. The first-order valence-corrected chi connectivity index (χ1v) is 36.6. The van der Waals surface area contributed by atoms with Crippen molar-refractivity contribution in [2.75, 3.05) is 13.2 Å². The van der Waals surface area contributed by atoms with Gasteiger partial charge in [-0.15, -0.1) is 0 Å². The molecule has 0 aliphatic carbocycles. The Labute approximate surface area is 511 Å². The summed E-state index contributed by atoms with van der Waals surface area (Å²) in [6.45, 7) is 6.62. The topological polar surface area (TPSA) is 78.9 Å². The van der Waals surface area contributed by atoms with Gasteiger partial charge in [0.1, 0.15) is 13.2 Å². The minimum atomic E-state index is -0.776. The molecule has 1 unspecified atom stereocenters. The number of allylic oxidation sites excluding steroid dienone is 8. The standard InChI is InChI=1S/C76H140O6/c1-4-7-10-13-16-19-22-25-27-29-31-32-33-34-35-36-37-38-39-40-41-42-43-44-45-47-48-51-54-57-60-63-66-69-75(78)81-72-73(71-80-74(77)68-65-62-59-56-53-50-24-21-18-15-12-9-6-3)82-76(79)70-67-64-61-58-55-52-49-46-30-28-26-23-20-17-14-11-8-5-2/h12,15,21-22,24-25,29,31,73H,4-11,13-14,16-20,23,26-28,30,32-72H2,1-3H3/b15-12-,24-21-,25-22-,31-29-. The zero-order chi connectivity index (χ0) is 59.2. The Balaban J connectivity index is 4.12. The molecule has 0 aromatic carbocycles. The molecule has 82 heavy (non-hydrogen) atoms. The molecule has 0 rings (SSSR count). The lowest BCUT2D eigenvalue weighted by atomic mass is 10.0. The summed E-state index contributed by atoms with van der Waals surface area (Å²) in [5.41, 5.74) is 0. The molecule has 0 spiro atoms. The van der Waals surface area contributed by atoms with Gasteiger partial charge in [0.25, 0.3) is 0 Å². The van der Waals surface area contributed by atoms with Gasteiger partial charge in [-0.2, -0.15) is 0 Å². The first kappa shape index (κ1) is 79.4. The van der Waals surface area contributed by atoms with Crippen LogP contribution in [0.4, 0.5) is 0 Å². The average molecular weight is 1150 g/mol. The number of hydrogen-bond acceptors (Lipinski definition) is 6. The van der Waals surface area contributed by atoms with Gasteiger partial charge in [0.15, 0.2) is 6.10 Å². The number of hydrogen-bond donors (Lipinski definition) is 0. The van der Waals surface area contributed by atoms with Crippen LogP contribution in [-0.2, 0) is 28.6 Å². The first-order chi connectivity index (χ1) is 40.5. The molecule has 0 saturated carbocycles. The lowest BCUT2D eigenvalue weighted by molar-refractivity contribution is -0.167. The summed E-state index contributed by atoms with van der Waals surface area (Å²) in [5, 5.41) is 0. The molecule has 480 valence electrons. The molecule has 0 aromatic rings. The summed E-state index contributed by atoms with van der Waals surface area (Å²) >= 11 is 0. The summed E-state index contributed by atoms with van der Waals surface area (Å²) in [6.07, 6.45) is 90.2. The van der Waals surface area contributed by atoms with Crippen LogP contribution >= 0.6 is 0 Å². The minimum Gasteiger partial charge on any atom is -0.462 e. The van der Waals surface area contributed by atoms with Gasteiger partial charge in [0, 0.05) is 19.3 Å². The number of carbonyl (C=O) groups is 3. The van der Waals surface area contributed by atoms with E-state index in [0.29, 0.717) is 19.3 Å². The first-order valence-electron chi connectivity index (χ1n) is 36.6. The molecule has 0 saturated heterocycles. The van der Waals surface area contributed by atoms with Crippen LogP contribution in [0.3, 0.4) is 0 Å². The van der Waals surface area contributed by atoms with Crippen LogP contribution in [0.5, 0.6) is 0 Å². The molecule has 6 heteroatoms. The van der Waals surface area contributed by atoms with E-state index in [1.165, 1.54) is 270 Å². The molecule has 0 aromatic heterocycles. The van der Waals surface area contributed by atoms with Crippen molar-refractivity contribution in [1.82, 2.24) is 0 Å². The molecule has 1 atom stereocenters. The van der Waals surface area contributed by atoms with Crippen molar-refractivity contribution in [3.63, 3.8) is 0 Å². The predicted molar refractivity (Wildman–Crippen MR) is 358 cm³/mol. The zero-order valence-electron chi connectivity index (χ0n) is 55.3. The van der Waals surface area contributed by atoms with Gasteiger partial charge in [-0.3, -0.25) is 14.4 Å². The van der Waals surface area contributed by atoms with Gasteiger partial charge in [-0.25, -0.2) is 0 Å². The molecule has 0 bridgehead atoms. The van der Waals surface area contributed by atoms with E-state index in [1.807, 2.05) is 0 Å². The Morgan fingerprint density at radius 3 is 0.720 bits per heavy atom. The van der Waals surface area contributed by atoms with E-state index in [4.69, 9.17) is 14.2 Å². The number of unbranched alkanes of at least 4 members (excludes halogenated alkanes) is 49. The van der Waals surface area contributed by atoms with Crippen molar-refractivity contribution in [2.45, 2.75) is 406 Å². The van der Waals surface area contributed by atoms with Crippen molar-refractivity contribution >= 4 is 17.9 Å². The molecule has 0 aliphatic rings. The second kappa shape index (κ2) is 70.9. The number of esters is 3. The summed E-state index contributed by atoms with van der Waals surface area (Å²) in [7, 11) is 0. The van der Waals surface area contributed by atoms with Crippen molar-refractivity contribution in [3.05, 3.63) is 48.6 Å². The van der Waals surface area contributed by atoms with E-state index in [1.54, 1.807) is 0 Å². The second-order valence-electron chi connectivity index (χ2n) is 24.9. The van der Waals surface area contributed by atoms with Gasteiger partial charge in [0.2, 0.25) is 0 Å². The van der Waals surface area contributed by atoms with E-state index in [2.05, 4.69) is 69.4 Å². The molecule has 0 aliphatic heterocycles. The third-order valence-electron chi connectivity index (χ3n) is 16.5. The molecule has 0 fully saturated rings. The maximum Gasteiger partial charge on any atom is 0.306 e. The Morgan fingerprint density at radius 1 is 0.244 bits per heavy atom. The highest BCUT2D eigenvalue weighted by molar-refractivity contribution is 5.71. The monoisotopic (exact) mass is 1150 g/mol. The molecule has 0 N–H and O–H groups in total. The summed E-state index contributed by atoms with van der Waals surface area (Å²) < 4.78 is 17.0. The smallest absolute Gasteiger partial charge is 0.306 e. The fourth-order valence-electron chi connectivity index (χ4n) is 11.0. The second-order valence-corrected chi connectivity index (χ2v) is 24.9. The van der Waals surface area contributed by atoms with Crippen LogP contribution in [-0.4, -0.2) is 37.2 Å². The van der Waals surface area contributed by atoms with Crippen LogP contribution in [0.1, 0.15) is 400 Å².